The average molecular weight is 391 g/mol. The van der Waals surface area contributed by atoms with Crippen LogP contribution in [0.5, 0.6) is 5.75 Å². The highest BCUT2D eigenvalue weighted by molar-refractivity contribution is 5.85. The molecule has 7 heteroatoms. The number of hydrogen-bond donors (Lipinski definition) is 2. The second-order valence-electron chi connectivity index (χ2n) is 7.73. The van der Waals surface area contributed by atoms with Gasteiger partial charge in [0.2, 0.25) is 5.91 Å². The molecule has 156 valence electrons. The Labute approximate surface area is 168 Å². The molecule has 0 saturated heterocycles. The number of likely N-dealkylation sites (N-methyl/N-ethyl adjacent to an activating group) is 1. The van der Waals surface area contributed by atoms with Crippen molar-refractivity contribution in [1.29, 1.82) is 0 Å². The van der Waals surface area contributed by atoms with Gasteiger partial charge in [-0.3, -0.25) is 4.79 Å². The van der Waals surface area contributed by atoms with Gasteiger partial charge in [0.1, 0.15) is 17.9 Å². The first-order valence-corrected chi connectivity index (χ1v) is 9.93. The molecule has 1 aliphatic rings. The predicted molar refractivity (Wildman–Crippen MR) is 112 cm³/mol. The Bertz CT molecular complexity index is 673. The zero-order chi connectivity index (χ0) is 20.6. The topological polar surface area (TPSA) is 75.2 Å². The van der Waals surface area contributed by atoms with Crippen LogP contribution >= 0.6 is 0 Å². The van der Waals surface area contributed by atoms with Crippen molar-refractivity contribution in [2.24, 2.45) is 4.99 Å². The summed E-state index contributed by atoms with van der Waals surface area (Å²) in [6.45, 7) is 8.38. The predicted octanol–water partition coefficient (Wildman–Crippen LogP) is 2.34. The minimum absolute atomic E-state index is 0.0388. The fourth-order valence-electron chi connectivity index (χ4n) is 3.06. The number of guanidine groups is 1. The first-order chi connectivity index (χ1) is 13.3. The summed E-state index contributed by atoms with van der Waals surface area (Å²) in [5, 5.41) is 6.83. The Morgan fingerprint density at radius 3 is 2.82 bits per heavy atom. The van der Waals surface area contributed by atoms with E-state index in [4.69, 9.17) is 9.47 Å². The molecule has 1 atom stereocenters. The number of aliphatic imine (C=N–C) groups is 1. The van der Waals surface area contributed by atoms with E-state index in [1.165, 1.54) is 0 Å². The molecule has 0 aromatic heterocycles. The highest BCUT2D eigenvalue weighted by atomic mass is 16.5. The van der Waals surface area contributed by atoms with E-state index in [0.717, 1.165) is 30.7 Å². The highest BCUT2D eigenvalue weighted by Gasteiger charge is 2.34. The molecule has 0 fully saturated rings. The zero-order valence-corrected chi connectivity index (χ0v) is 17.7. The second kappa shape index (κ2) is 10.3. The Balaban J connectivity index is 2.11. The van der Waals surface area contributed by atoms with E-state index in [1.807, 2.05) is 25.1 Å². The Morgan fingerprint density at radius 1 is 1.36 bits per heavy atom. The van der Waals surface area contributed by atoms with Gasteiger partial charge in [-0.25, -0.2) is 4.99 Å². The number of carbonyl (C=O) groups is 1. The van der Waals surface area contributed by atoms with Gasteiger partial charge in [0.15, 0.2) is 5.96 Å². The number of carbonyl (C=O) groups excluding carboxylic acids is 1. The number of fused-ring (bicyclic) bond motifs is 1. The number of amides is 1. The standard InChI is InChI=1S/C21H34N4O3/c1-6-27-13-9-12-22-20(23-15-19(26)25(4)5)24-17-14-21(2,3)28-18-11-8-7-10-16(17)18/h7-8,10-11,17H,6,9,12-15H2,1-5H3,(H2,22,23,24). The van der Waals surface area contributed by atoms with Crippen LogP contribution in [0.15, 0.2) is 29.3 Å². The fraction of sp³-hybridized carbons (Fsp3) is 0.619. The van der Waals surface area contributed by atoms with E-state index in [-0.39, 0.29) is 24.1 Å². The summed E-state index contributed by atoms with van der Waals surface area (Å²) >= 11 is 0. The molecule has 1 aromatic carbocycles. The molecule has 2 rings (SSSR count). The maximum Gasteiger partial charge on any atom is 0.243 e. The van der Waals surface area contributed by atoms with Gasteiger partial charge in [0, 0.05) is 45.8 Å². The molecule has 1 heterocycles. The molecule has 1 aromatic rings. The Morgan fingerprint density at radius 2 is 2.11 bits per heavy atom. The van der Waals surface area contributed by atoms with Crippen molar-refractivity contribution >= 4 is 11.9 Å². The molecule has 1 unspecified atom stereocenters. The molecule has 0 saturated carbocycles. The summed E-state index contributed by atoms with van der Waals surface area (Å²) in [7, 11) is 3.47. The number of rotatable bonds is 8. The minimum atomic E-state index is -0.286. The number of hydrogen-bond acceptors (Lipinski definition) is 4. The molecule has 7 nitrogen and oxygen atoms in total. The lowest BCUT2D eigenvalue weighted by molar-refractivity contribution is -0.127. The quantitative estimate of drug-likeness (QED) is 0.405. The minimum Gasteiger partial charge on any atom is -0.487 e. The van der Waals surface area contributed by atoms with E-state index in [9.17, 15) is 4.79 Å². The smallest absolute Gasteiger partial charge is 0.243 e. The van der Waals surface area contributed by atoms with Crippen LogP contribution in [0.3, 0.4) is 0 Å². The highest BCUT2D eigenvalue weighted by Crippen LogP contribution is 2.39. The third-order valence-corrected chi connectivity index (χ3v) is 4.52. The summed E-state index contributed by atoms with van der Waals surface area (Å²) < 4.78 is 11.5. The first-order valence-electron chi connectivity index (χ1n) is 9.93. The molecule has 0 aliphatic carbocycles. The van der Waals surface area contributed by atoms with Crippen LogP contribution in [0, 0.1) is 0 Å². The lowest BCUT2D eigenvalue weighted by atomic mass is 9.90. The van der Waals surface area contributed by atoms with Crippen LogP contribution in [-0.4, -0.2) is 62.8 Å². The number of para-hydroxylation sites is 1. The Hall–Kier alpha value is -2.28. The molecular formula is C21H34N4O3. The summed E-state index contributed by atoms with van der Waals surface area (Å²) in [6, 6.07) is 8.10. The maximum absolute atomic E-state index is 12.0. The molecule has 0 radical (unpaired) electrons. The average Bonchev–Trinajstić information content (AvgIpc) is 2.64. The van der Waals surface area contributed by atoms with Crippen molar-refractivity contribution in [3.63, 3.8) is 0 Å². The lowest BCUT2D eigenvalue weighted by Gasteiger charge is -2.38. The van der Waals surface area contributed by atoms with Gasteiger partial charge >= 0.3 is 0 Å². The third-order valence-electron chi connectivity index (χ3n) is 4.52. The summed E-state index contributed by atoms with van der Waals surface area (Å²) in [5.74, 6) is 1.48. The van der Waals surface area contributed by atoms with Crippen molar-refractivity contribution in [3.05, 3.63) is 29.8 Å². The van der Waals surface area contributed by atoms with Crippen LogP contribution in [0.4, 0.5) is 0 Å². The molecule has 28 heavy (non-hydrogen) atoms. The van der Waals surface area contributed by atoms with Gasteiger partial charge in [-0.05, 0) is 33.3 Å². The summed E-state index contributed by atoms with van der Waals surface area (Å²) in [4.78, 5) is 18.0. The summed E-state index contributed by atoms with van der Waals surface area (Å²) in [5.41, 5.74) is 0.815. The van der Waals surface area contributed by atoms with Crippen molar-refractivity contribution in [3.8, 4) is 5.75 Å². The SMILES string of the molecule is CCOCCCNC(=NCC(=O)N(C)C)NC1CC(C)(C)Oc2ccccc21. The second-order valence-corrected chi connectivity index (χ2v) is 7.73. The van der Waals surface area contributed by atoms with Crippen molar-refractivity contribution < 1.29 is 14.3 Å². The number of nitrogens with zero attached hydrogens (tertiary/aromatic N) is 2. The molecule has 1 amide bonds. The van der Waals surface area contributed by atoms with E-state index in [1.54, 1.807) is 19.0 Å². The molecule has 1 aliphatic heterocycles. The summed E-state index contributed by atoms with van der Waals surface area (Å²) in [6.07, 6.45) is 1.66. The molecular weight excluding hydrogens is 356 g/mol. The van der Waals surface area contributed by atoms with Crippen LogP contribution in [0.25, 0.3) is 0 Å². The van der Waals surface area contributed by atoms with E-state index in [2.05, 4.69) is 35.5 Å². The van der Waals surface area contributed by atoms with Gasteiger partial charge in [-0.1, -0.05) is 18.2 Å². The largest absolute Gasteiger partial charge is 0.487 e. The van der Waals surface area contributed by atoms with Gasteiger partial charge < -0.3 is 25.0 Å². The lowest BCUT2D eigenvalue weighted by Crippen LogP contribution is -2.46. The zero-order valence-electron chi connectivity index (χ0n) is 17.7. The van der Waals surface area contributed by atoms with Crippen molar-refractivity contribution in [2.75, 3.05) is 40.4 Å². The van der Waals surface area contributed by atoms with Gasteiger partial charge in [0.05, 0.1) is 6.04 Å². The Kier molecular flexibility index (Phi) is 8.11. The third kappa shape index (κ3) is 6.71. The van der Waals surface area contributed by atoms with Crippen molar-refractivity contribution in [1.82, 2.24) is 15.5 Å². The van der Waals surface area contributed by atoms with E-state index >= 15 is 0 Å². The molecule has 0 bridgehead atoms. The maximum atomic E-state index is 12.0. The number of nitrogens with one attached hydrogen (secondary N) is 2. The van der Waals surface area contributed by atoms with Crippen LogP contribution in [0.2, 0.25) is 0 Å². The van der Waals surface area contributed by atoms with Gasteiger partial charge in [0.25, 0.3) is 0 Å². The number of ether oxygens (including phenoxy) is 2. The first kappa shape index (κ1) is 22.0. The number of benzene rings is 1. The van der Waals surface area contributed by atoms with Crippen LogP contribution in [0.1, 0.15) is 45.2 Å². The van der Waals surface area contributed by atoms with Gasteiger partial charge in [-0.15, -0.1) is 0 Å². The van der Waals surface area contributed by atoms with E-state index < -0.39 is 0 Å². The van der Waals surface area contributed by atoms with Gasteiger partial charge in [-0.2, -0.15) is 0 Å². The van der Waals surface area contributed by atoms with Crippen LogP contribution < -0.4 is 15.4 Å². The monoisotopic (exact) mass is 390 g/mol. The fourth-order valence-corrected chi connectivity index (χ4v) is 3.06. The van der Waals surface area contributed by atoms with E-state index in [0.29, 0.717) is 19.2 Å². The van der Waals surface area contributed by atoms with Crippen LogP contribution in [-0.2, 0) is 9.53 Å². The normalized spacial score (nSPS) is 18.0. The molecule has 0 spiro atoms. The van der Waals surface area contributed by atoms with Crippen molar-refractivity contribution in [2.45, 2.75) is 45.3 Å². The molecule has 2 N–H and O–H groups in total.